The highest BCUT2D eigenvalue weighted by Crippen LogP contribution is 2.25. The monoisotopic (exact) mass is 200 g/mol. The van der Waals surface area contributed by atoms with E-state index in [-0.39, 0.29) is 0 Å². The van der Waals surface area contributed by atoms with Crippen LogP contribution in [0.4, 0.5) is 0 Å². The molecule has 0 aromatic carbocycles. The second-order valence-corrected chi connectivity index (χ2v) is 6.09. The van der Waals surface area contributed by atoms with Crippen molar-refractivity contribution in [2.45, 2.75) is 66.4 Å². The van der Waals surface area contributed by atoms with E-state index in [0.717, 1.165) is 18.3 Å². The van der Waals surface area contributed by atoms with Crippen molar-refractivity contribution in [1.29, 1.82) is 0 Å². The second-order valence-electron chi connectivity index (χ2n) is 6.09. The molecule has 0 saturated carbocycles. The van der Waals surface area contributed by atoms with E-state index in [4.69, 9.17) is 0 Å². The van der Waals surface area contributed by atoms with Crippen LogP contribution in [0.1, 0.15) is 60.8 Å². The molecule has 2 unspecified atom stereocenters. The van der Waals surface area contributed by atoms with Gasteiger partial charge in [-0.25, -0.2) is 0 Å². The molecule has 0 rings (SSSR count). The molecule has 1 N–H and O–H groups in total. The first-order valence-corrected chi connectivity index (χ1v) is 5.93. The summed E-state index contributed by atoms with van der Waals surface area (Å²) in [4.78, 5) is 0. The minimum absolute atomic E-state index is 0.503. The van der Waals surface area contributed by atoms with Gasteiger partial charge in [-0.2, -0.15) is 0 Å². The van der Waals surface area contributed by atoms with Crippen LogP contribution in [0.25, 0.3) is 0 Å². The van der Waals surface area contributed by atoms with E-state index < -0.39 is 5.60 Å². The Bertz CT molecular complexity index is 144. The van der Waals surface area contributed by atoms with Gasteiger partial charge in [-0.1, -0.05) is 27.7 Å². The lowest BCUT2D eigenvalue weighted by atomic mass is 9.85. The molecule has 0 bridgehead atoms. The number of aliphatic hydroxyl groups is 1. The summed E-state index contributed by atoms with van der Waals surface area (Å²) in [7, 11) is 0. The van der Waals surface area contributed by atoms with E-state index in [1.807, 2.05) is 13.8 Å². The molecule has 1 heteroatoms. The minimum Gasteiger partial charge on any atom is -0.390 e. The summed E-state index contributed by atoms with van der Waals surface area (Å²) in [5.74, 6) is 2.20. The summed E-state index contributed by atoms with van der Waals surface area (Å²) in [6, 6.07) is 0. The Morgan fingerprint density at radius 3 is 1.79 bits per heavy atom. The Morgan fingerprint density at radius 1 is 0.929 bits per heavy atom. The predicted octanol–water partition coefficient (Wildman–Crippen LogP) is 3.86. The fraction of sp³-hybridized carbons (Fsp3) is 1.00. The highest BCUT2D eigenvalue weighted by Gasteiger charge is 2.19. The van der Waals surface area contributed by atoms with E-state index in [1.165, 1.54) is 12.8 Å². The average Bonchev–Trinajstić information content (AvgIpc) is 1.77. The Labute approximate surface area is 89.9 Å². The molecule has 0 saturated heterocycles. The second kappa shape index (κ2) is 5.75. The van der Waals surface area contributed by atoms with Crippen molar-refractivity contribution in [2.75, 3.05) is 0 Å². The van der Waals surface area contributed by atoms with Crippen molar-refractivity contribution in [1.82, 2.24) is 0 Å². The first kappa shape index (κ1) is 14.0. The first-order valence-electron chi connectivity index (χ1n) is 5.93. The van der Waals surface area contributed by atoms with Crippen LogP contribution in [-0.4, -0.2) is 10.7 Å². The molecule has 0 spiro atoms. The number of hydrogen-bond donors (Lipinski definition) is 1. The Kier molecular flexibility index (Phi) is 5.73. The molecular formula is C13H28O. The van der Waals surface area contributed by atoms with Crippen LogP contribution < -0.4 is 0 Å². The zero-order valence-corrected chi connectivity index (χ0v) is 10.8. The number of rotatable bonds is 6. The quantitative estimate of drug-likeness (QED) is 0.690. The van der Waals surface area contributed by atoms with E-state index in [0.29, 0.717) is 5.92 Å². The first-order chi connectivity index (χ1) is 6.20. The molecule has 1 nitrogen and oxygen atoms in total. The van der Waals surface area contributed by atoms with E-state index in [9.17, 15) is 5.11 Å². The predicted molar refractivity (Wildman–Crippen MR) is 63.3 cm³/mol. The van der Waals surface area contributed by atoms with Crippen molar-refractivity contribution < 1.29 is 5.11 Å². The summed E-state index contributed by atoms with van der Waals surface area (Å²) < 4.78 is 0. The third kappa shape index (κ3) is 8.55. The van der Waals surface area contributed by atoms with Gasteiger partial charge in [0.1, 0.15) is 0 Å². The van der Waals surface area contributed by atoms with Crippen LogP contribution in [0.3, 0.4) is 0 Å². The maximum atomic E-state index is 9.68. The zero-order valence-electron chi connectivity index (χ0n) is 10.8. The number of hydrogen-bond acceptors (Lipinski definition) is 1. The smallest absolute Gasteiger partial charge is 0.0594 e. The van der Waals surface area contributed by atoms with Crippen LogP contribution in [0, 0.1) is 17.8 Å². The lowest BCUT2D eigenvalue weighted by Gasteiger charge is -2.24. The van der Waals surface area contributed by atoms with Gasteiger partial charge in [-0.15, -0.1) is 0 Å². The summed E-state index contributed by atoms with van der Waals surface area (Å²) in [5, 5.41) is 9.68. The van der Waals surface area contributed by atoms with Crippen molar-refractivity contribution in [2.24, 2.45) is 17.8 Å². The minimum atomic E-state index is -0.503. The molecule has 0 aromatic rings. The lowest BCUT2D eigenvalue weighted by molar-refractivity contribution is 0.0512. The SMILES string of the molecule is CC(C)CC(C)CC(C)CC(C)(C)O. The fourth-order valence-corrected chi connectivity index (χ4v) is 2.52. The standard InChI is InChI=1S/C13H28O/c1-10(2)7-11(3)8-12(4)9-13(5,6)14/h10-12,14H,7-9H2,1-6H3. The summed E-state index contributed by atoms with van der Waals surface area (Å²) in [5.41, 5.74) is -0.503. The van der Waals surface area contributed by atoms with Gasteiger partial charge >= 0.3 is 0 Å². The van der Waals surface area contributed by atoms with Gasteiger partial charge in [0.15, 0.2) is 0 Å². The van der Waals surface area contributed by atoms with Gasteiger partial charge in [0, 0.05) is 0 Å². The molecule has 2 atom stereocenters. The van der Waals surface area contributed by atoms with Crippen molar-refractivity contribution in [3.63, 3.8) is 0 Å². The van der Waals surface area contributed by atoms with Crippen molar-refractivity contribution >= 4 is 0 Å². The molecule has 86 valence electrons. The maximum Gasteiger partial charge on any atom is 0.0594 e. The zero-order chi connectivity index (χ0) is 11.4. The van der Waals surface area contributed by atoms with E-state index >= 15 is 0 Å². The third-order valence-electron chi connectivity index (χ3n) is 2.53. The fourth-order valence-electron chi connectivity index (χ4n) is 2.52. The van der Waals surface area contributed by atoms with Crippen LogP contribution in [0.15, 0.2) is 0 Å². The van der Waals surface area contributed by atoms with Gasteiger partial charge in [-0.05, 0) is 50.9 Å². The molecule has 0 amide bonds. The normalized spacial score (nSPS) is 17.1. The van der Waals surface area contributed by atoms with Gasteiger partial charge < -0.3 is 5.11 Å². The van der Waals surface area contributed by atoms with Gasteiger partial charge in [0.25, 0.3) is 0 Å². The third-order valence-corrected chi connectivity index (χ3v) is 2.53. The maximum absolute atomic E-state index is 9.68. The Balaban J connectivity index is 3.76. The lowest BCUT2D eigenvalue weighted by Crippen LogP contribution is -2.23. The summed E-state index contributed by atoms with van der Waals surface area (Å²) in [6.45, 7) is 12.9. The van der Waals surface area contributed by atoms with E-state index in [2.05, 4.69) is 27.7 Å². The Hall–Kier alpha value is -0.0400. The van der Waals surface area contributed by atoms with Gasteiger partial charge in [0.2, 0.25) is 0 Å². The van der Waals surface area contributed by atoms with Crippen molar-refractivity contribution in [3.05, 3.63) is 0 Å². The highest BCUT2D eigenvalue weighted by molar-refractivity contribution is 4.71. The molecule has 0 aliphatic heterocycles. The molecule has 0 heterocycles. The Morgan fingerprint density at radius 2 is 1.43 bits per heavy atom. The van der Waals surface area contributed by atoms with E-state index in [1.54, 1.807) is 0 Å². The molecule has 0 aliphatic rings. The van der Waals surface area contributed by atoms with Crippen LogP contribution >= 0.6 is 0 Å². The topological polar surface area (TPSA) is 20.2 Å². The van der Waals surface area contributed by atoms with Gasteiger partial charge in [-0.3, -0.25) is 0 Å². The summed E-state index contributed by atoms with van der Waals surface area (Å²) in [6.07, 6.45) is 3.45. The average molecular weight is 200 g/mol. The molecule has 0 radical (unpaired) electrons. The molecule has 0 fully saturated rings. The van der Waals surface area contributed by atoms with Gasteiger partial charge in [0.05, 0.1) is 5.60 Å². The van der Waals surface area contributed by atoms with Crippen LogP contribution in [-0.2, 0) is 0 Å². The summed E-state index contributed by atoms with van der Waals surface area (Å²) >= 11 is 0. The highest BCUT2D eigenvalue weighted by atomic mass is 16.3. The van der Waals surface area contributed by atoms with Crippen molar-refractivity contribution in [3.8, 4) is 0 Å². The molecular weight excluding hydrogens is 172 g/mol. The largest absolute Gasteiger partial charge is 0.390 e. The van der Waals surface area contributed by atoms with Crippen LogP contribution in [0.2, 0.25) is 0 Å². The molecule has 14 heavy (non-hydrogen) atoms. The molecule has 0 aliphatic carbocycles. The molecule has 0 aromatic heterocycles. The van der Waals surface area contributed by atoms with Crippen LogP contribution in [0.5, 0.6) is 0 Å².